The van der Waals surface area contributed by atoms with E-state index in [1.165, 1.54) is 12.1 Å². The van der Waals surface area contributed by atoms with Crippen LogP contribution in [-0.2, 0) is 40.3 Å². The van der Waals surface area contributed by atoms with Gasteiger partial charge in [0.2, 0.25) is 0 Å². The van der Waals surface area contributed by atoms with Crippen molar-refractivity contribution in [2.45, 2.75) is 80.1 Å². The molecule has 0 spiro atoms. The topological polar surface area (TPSA) is 77.5 Å². The lowest BCUT2D eigenvalue weighted by Gasteiger charge is -2.23. The van der Waals surface area contributed by atoms with E-state index >= 15 is 0 Å². The number of carbonyl (C=O) groups is 2. The minimum atomic E-state index is -0.629. The van der Waals surface area contributed by atoms with E-state index in [1.54, 1.807) is 12.1 Å². The van der Waals surface area contributed by atoms with Crippen LogP contribution >= 0.6 is 0 Å². The molecule has 0 fully saturated rings. The van der Waals surface area contributed by atoms with Gasteiger partial charge in [0, 0.05) is 23.5 Å². The number of carbonyl (C=O) groups excluding carboxylic acids is 2. The van der Waals surface area contributed by atoms with Crippen LogP contribution in [0.15, 0.2) is 48.5 Å². The molecule has 1 heterocycles. The zero-order valence-electron chi connectivity index (χ0n) is 24.0. The SMILES string of the molecule is Cc1ccc(-c2c(CC(=O)OCc3ccc(F)cc3)c(C)nc(CC(C)C)c2CNC(=O)OC(C)(C)C)cc1. The second kappa shape index (κ2) is 12.9. The third kappa shape index (κ3) is 8.91. The predicted octanol–water partition coefficient (Wildman–Crippen LogP) is 7.01. The number of esters is 1. The van der Waals surface area contributed by atoms with Crippen LogP contribution in [0.3, 0.4) is 0 Å². The van der Waals surface area contributed by atoms with Gasteiger partial charge >= 0.3 is 12.1 Å². The number of benzene rings is 2. The molecule has 0 radical (unpaired) electrons. The molecule has 1 aromatic heterocycles. The third-order valence-corrected chi connectivity index (χ3v) is 6.08. The Kier molecular flexibility index (Phi) is 9.84. The molecular formula is C32H39FN2O4. The molecule has 6 nitrogen and oxygen atoms in total. The monoisotopic (exact) mass is 534 g/mol. The molecule has 3 aromatic rings. The van der Waals surface area contributed by atoms with Gasteiger partial charge in [-0.05, 0) is 81.3 Å². The first kappa shape index (κ1) is 29.8. The van der Waals surface area contributed by atoms with Crippen LogP contribution in [0.1, 0.15) is 68.3 Å². The first-order valence-electron chi connectivity index (χ1n) is 13.3. The Balaban J connectivity index is 2.02. The van der Waals surface area contributed by atoms with Gasteiger partial charge in [0.25, 0.3) is 0 Å². The molecule has 0 aliphatic heterocycles. The first-order valence-corrected chi connectivity index (χ1v) is 13.3. The molecule has 39 heavy (non-hydrogen) atoms. The molecule has 0 bridgehead atoms. The number of ether oxygens (including phenoxy) is 2. The fraction of sp³-hybridized carbons (Fsp3) is 0.406. The highest BCUT2D eigenvalue weighted by Crippen LogP contribution is 2.33. The van der Waals surface area contributed by atoms with Crippen LogP contribution in [0.4, 0.5) is 9.18 Å². The highest BCUT2D eigenvalue weighted by atomic mass is 19.1. The third-order valence-electron chi connectivity index (χ3n) is 6.08. The normalized spacial score (nSPS) is 11.4. The summed E-state index contributed by atoms with van der Waals surface area (Å²) in [5.41, 5.74) is 6.19. The van der Waals surface area contributed by atoms with Crippen molar-refractivity contribution in [3.05, 3.63) is 88.0 Å². The quantitative estimate of drug-likeness (QED) is 0.299. The van der Waals surface area contributed by atoms with E-state index in [1.807, 2.05) is 58.9 Å². The van der Waals surface area contributed by atoms with Crippen molar-refractivity contribution < 1.29 is 23.5 Å². The van der Waals surface area contributed by atoms with Crippen LogP contribution in [-0.4, -0.2) is 22.6 Å². The van der Waals surface area contributed by atoms with E-state index < -0.39 is 17.7 Å². The van der Waals surface area contributed by atoms with Crippen molar-refractivity contribution in [1.82, 2.24) is 10.3 Å². The summed E-state index contributed by atoms with van der Waals surface area (Å²) < 4.78 is 24.3. The predicted molar refractivity (Wildman–Crippen MR) is 151 cm³/mol. The molecule has 0 saturated carbocycles. The molecule has 0 saturated heterocycles. The number of alkyl carbamates (subject to hydrolysis) is 1. The summed E-state index contributed by atoms with van der Waals surface area (Å²) in [6.45, 7) is 13.9. The highest BCUT2D eigenvalue weighted by molar-refractivity contribution is 5.81. The standard InChI is InChI=1S/C32H39FN2O4/c1-20(2)16-28-27(18-34-31(37)39-32(5,6)7)30(24-12-8-21(3)9-13-24)26(22(4)35-28)17-29(36)38-19-23-10-14-25(33)15-11-23/h8-15,20H,16-19H2,1-7H3,(H,34,37). The Morgan fingerprint density at radius 1 is 0.974 bits per heavy atom. The summed E-state index contributed by atoms with van der Waals surface area (Å²) >= 11 is 0. The van der Waals surface area contributed by atoms with Crippen molar-refractivity contribution in [2.75, 3.05) is 0 Å². The van der Waals surface area contributed by atoms with Gasteiger partial charge in [-0.3, -0.25) is 9.78 Å². The average Bonchev–Trinajstić information content (AvgIpc) is 2.83. The van der Waals surface area contributed by atoms with E-state index in [0.717, 1.165) is 39.2 Å². The molecule has 0 aliphatic carbocycles. The average molecular weight is 535 g/mol. The molecule has 208 valence electrons. The Hall–Kier alpha value is -3.74. The Morgan fingerprint density at radius 3 is 2.21 bits per heavy atom. The van der Waals surface area contributed by atoms with Gasteiger partial charge in [0.15, 0.2) is 0 Å². The zero-order valence-corrected chi connectivity index (χ0v) is 24.0. The van der Waals surface area contributed by atoms with E-state index in [-0.39, 0.29) is 25.4 Å². The minimum absolute atomic E-state index is 0.00460. The van der Waals surface area contributed by atoms with E-state index in [2.05, 4.69) is 19.2 Å². The number of hydrogen-bond acceptors (Lipinski definition) is 5. The van der Waals surface area contributed by atoms with Gasteiger partial charge in [-0.15, -0.1) is 0 Å². The maximum atomic E-state index is 13.2. The zero-order chi connectivity index (χ0) is 28.7. The Morgan fingerprint density at radius 2 is 1.62 bits per heavy atom. The van der Waals surface area contributed by atoms with E-state index in [0.29, 0.717) is 17.9 Å². The number of pyridine rings is 1. The second-order valence-corrected chi connectivity index (χ2v) is 11.3. The van der Waals surface area contributed by atoms with Crippen LogP contribution < -0.4 is 5.32 Å². The number of nitrogens with zero attached hydrogens (tertiary/aromatic N) is 1. The Labute approximate surface area is 231 Å². The maximum absolute atomic E-state index is 13.2. The van der Waals surface area contributed by atoms with Gasteiger partial charge < -0.3 is 14.8 Å². The largest absolute Gasteiger partial charge is 0.461 e. The van der Waals surface area contributed by atoms with Gasteiger partial charge in [-0.1, -0.05) is 55.8 Å². The van der Waals surface area contributed by atoms with E-state index in [9.17, 15) is 14.0 Å². The summed E-state index contributed by atoms with van der Waals surface area (Å²) in [4.78, 5) is 30.5. The number of halogens is 1. The molecule has 7 heteroatoms. The van der Waals surface area contributed by atoms with Crippen LogP contribution in [0.25, 0.3) is 11.1 Å². The van der Waals surface area contributed by atoms with Crippen molar-refractivity contribution >= 4 is 12.1 Å². The van der Waals surface area contributed by atoms with Crippen molar-refractivity contribution in [2.24, 2.45) is 5.92 Å². The molecule has 3 rings (SSSR count). The summed E-state index contributed by atoms with van der Waals surface area (Å²) in [6.07, 6.45) is 0.194. The van der Waals surface area contributed by atoms with Crippen molar-refractivity contribution in [1.29, 1.82) is 0 Å². The number of aryl methyl sites for hydroxylation is 2. The van der Waals surface area contributed by atoms with Crippen LogP contribution in [0.5, 0.6) is 0 Å². The van der Waals surface area contributed by atoms with Crippen molar-refractivity contribution in [3.8, 4) is 11.1 Å². The lowest BCUT2D eigenvalue weighted by Crippen LogP contribution is -2.32. The van der Waals surface area contributed by atoms with Gasteiger partial charge in [-0.25, -0.2) is 9.18 Å². The van der Waals surface area contributed by atoms with E-state index in [4.69, 9.17) is 14.5 Å². The number of nitrogens with one attached hydrogen (secondary N) is 1. The minimum Gasteiger partial charge on any atom is -0.461 e. The molecule has 0 unspecified atom stereocenters. The van der Waals surface area contributed by atoms with Gasteiger partial charge in [0.05, 0.1) is 6.42 Å². The lowest BCUT2D eigenvalue weighted by molar-refractivity contribution is -0.144. The summed E-state index contributed by atoms with van der Waals surface area (Å²) in [5, 5.41) is 2.89. The van der Waals surface area contributed by atoms with Gasteiger partial charge in [-0.2, -0.15) is 0 Å². The van der Waals surface area contributed by atoms with Crippen molar-refractivity contribution in [3.63, 3.8) is 0 Å². The molecule has 1 N–H and O–H groups in total. The second-order valence-electron chi connectivity index (χ2n) is 11.3. The number of rotatable bonds is 9. The number of hydrogen-bond donors (Lipinski definition) is 1. The summed E-state index contributed by atoms with van der Waals surface area (Å²) in [7, 11) is 0. The maximum Gasteiger partial charge on any atom is 0.407 e. The number of amides is 1. The summed E-state index contributed by atoms with van der Waals surface area (Å²) in [5.74, 6) is -0.432. The molecule has 0 aliphatic rings. The molecule has 0 atom stereocenters. The first-order chi connectivity index (χ1) is 18.3. The fourth-order valence-corrected chi connectivity index (χ4v) is 4.29. The van der Waals surface area contributed by atoms with Gasteiger partial charge in [0.1, 0.15) is 18.0 Å². The van der Waals surface area contributed by atoms with Crippen LogP contribution in [0.2, 0.25) is 0 Å². The smallest absolute Gasteiger partial charge is 0.407 e. The summed E-state index contributed by atoms with van der Waals surface area (Å²) in [6, 6.07) is 13.9. The number of aromatic nitrogens is 1. The van der Waals surface area contributed by atoms with Crippen LogP contribution in [0, 0.1) is 25.6 Å². The molecule has 1 amide bonds. The highest BCUT2D eigenvalue weighted by Gasteiger charge is 2.24. The fourth-order valence-electron chi connectivity index (χ4n) is 4.29. The molecular weight excluding hydrogens is 495 g/mol. The lowest BCUT2D eigenvalue weighted by atomic mass is 9.88. The Bertz CT molecular complexity index is 1290. The molecule has 2 aromatic carbocycles.